The lowest BCUT2D eigenvalue weighted by Crippen LogP contribution is -2.44. The number of hydrogen-bond donors (Lipinski definition) is 3. The maximum absolute atomic E-state index is 12.0. The van der Waals surface area contributed by atoms with Crippen molar-refractivity contribution in [3.63, 3.8) is 0 Å². The van der Waals surface area contributed by atoms with Gasteiger partial charge in [-0.05, 0) is 49.5 Å². The van der Waals surface area contributed by atoms with Crippen LogP contribution in [0, 0.1) is 0 Å². The minimum atomic E-state index is -0.121. The molecule has 0 saturated carbocycles. The second-order valence-electron chi connectivity index (χ2n) is 6.65. The third-order valence-electron chi connectivity index (χ3n) is 4.77. The normalized spacial score (nSPS) is 16.0. The fourth-order valence-electron chi connectivity index (χ4n) is 3.31. The van der Waals surface area contributed by atoms with E-state index in [1.807, 2.05) is 0 Å². The maximum atomic E-state index is 12.0. The molecule has 1 amide bonds. The zero-order valence-electron chi connectivity index (χ0n) is 16.2. The molecule has 8 heteroatoms. The van der Waals surface area contributed by atoms with Crippen molar-refractivity contribution in [3.05, 3.63) is 52.5 Å². The number of carbonyl (C=O) groups excluding carboxylic acids is 1. The summed E-state index contributed by atoms with van der Waals surface area (Å²) in [6.07, 6.45) is 5.75. The molecule has 1 atom stereocenters. The van der Waals surface area contributed by atoms with E-state index < -0.39 is 0 Å². The highest BCUT2D eigenvalue weighted by Crippen LogP contribution is 2.27. The van der Waals surface area contributed by atoms with Crippen molar-refractivity contribution in [1.82, 2.24) is 25.8 Å². The van der Waals surface area contributed by atoms with Gasteiger partial charge >= 0.3 is 0 Å². The number of nitrogens with zero attached hydrogens (tertiary/aromatic N) is 3. The summed E-state index contributed by atoms with van der Waals surface area (Å²) in [5.74, 6) is 0.626. The van der Waals surface area contributed by atoms with Crippen LogP contribution in [0.15, 0.2) is 47.0 Å². The van der Waals surface area contributed by atoms with Crippen molar-refractivity contribution in [2.75, 3.05) is 39.8 Å². The number of nitrogens with one attached hydrogen (secondary N) is 3. The number of aromatic nitrogens is 1. The number of thiophene rings is 1. The van der Waals surface area contributed by atoms with E-state index in [1.165, 1.54) is 17.7 Å². The second kappa shape index (κ2) is 10.8. The fourth-order valence-corrected chi connectivity index (χ4v) is 4.17. The number of amides is 1. The summed E-state index contributed by atoms with van der Waals surface area (Å²) >= 11 is 1.81. The number of likely N-dealkylation sites (tertiary alicyclic amines) is 1. The minimum Gasteiger partial charge on any atom is -0.355 e. The van der Waals surface area contributed by atoms with Crippen LogP contribution in [0.3, 0.4) is 0 Å². The maximum Gasteiger partial charge on any atom is 0.252 e. The highest BCUT2D eigenvalue weighted by molar-refractivity contribution is 7.10. The van der Waals surface area contributed by atoms with Crippen molar-refractivity contribution < 1.29 is 4.79 Å². The van der Waals surface area contributed by atoms with Gasteiger partial charge in [0.05, 0.1) is 11.6 Å². The van der Waals surface area contributed by atoms with Gasteiger partial charge in [-0.25, -0.2) is 0 Å². The smallest absolute Gasteiger partial charge is 0.252 e. The predicted octanol–water partition coefficient (Wildman–Crippen LogP) is 1.87. The van der Waals surface area contributed by atoms with Crippen LogP contribution in [0.1, 0.15) is 34.1 Å². The third kappa shape index (κ3) is 5.77. The van der Waals surface area contributed by atoms with Gasteiger partial charge in [0.15, 0.2) is 5.96 Å². The second-order valence-corrected chi connectivity index (χ2v) is 7.63. The molecule has 28 heavy (non-hydrogen) atoms. The molecule has 1 unspecified atom stereocenters. The van der Waals surface area contributed by atoms with Gasteiger partial charge in [-0.3, -0.25) is 19.7 Å². The average Bonchev–Trinajstić information content (AvgIpc) is 3.45. The Kier molecular flexibility index (Phi) is 7.81. The molecule has 3 rings (SSSR count). The Morgan fingerprint density at radius 1 is 1.21 bits per heavy atom. The number of carbonyl (C=O) groups is 1. The molecule has 2 aromatic heterocycles. The largest absolute Gasteiger partial charge is 0.355 e. The van der Waals surface area contributed by atoms with Crippen LogP contribution in [0.2, 0.25) is 0 Å². The molecular weight excluding hydrogens is 372 g/mol. The zero-order valence-corrected chi connectivity index (χ0v) is 17.0. The van der Waals surface area contributed by atoms with Crippen LogP contribution in [0.25, 0.3) is 0 Å². The zero-order chi connectivity index (χ0) is 19.6. The molecule has 1 aliphatic rings. The number of aliphatic imine (C=N–C) groups is 1. The lowest BCUT2D eigenvalue weighted by atomic mass is 10.2. The number of pyridine rings is 1. The molecule has 3 N–H and O–H groups in total. The van der Waals surface area contributed by atoms with Gasteiger partial charge in [0.2, 0.25) is 0 Å². The molecule has 1 saturated heterocycles. The van der Waals surface area contributed by atoms with Gasteiger partial charge in [-0.15, -0.1) is 11.3 Å². The third-order valence-corrected chi connectivity index (χ3v) is 5.74. The van der Waals surface area contributed by atoms with Crippen molar-refractivity contribution >= 4 is 23.2 Å². The van der Waals surface area contributed by atoms with Gasteiger partial charge < -0.3 is 16.0 Å². The molecular formula is C20H28N6OS. The highest BCUT2D eigenvalue weighted by atomic mass is 32.1. The summed E-state index contributed by atoms with van der Waals surface area (Å²) in [7, 11) is 1.76. The van der Waals surface area contributed by atoms with Crippen LogP contribution in [0.5, 0.6) is 0 Å². The molecule has 0 bridgehead atoms. The van der Waals surface area contributed by atoms with E-state index in [0.29, 0.717) is 24.7 Å². The van der Waals surface area contributed by atoms with Gasteiger partial charge in [0.1, 0.15) is 0 Å². The quantitative estimate of drug-likeness (QED) is 0.358. The Balaban J connectivity index is 1.43. The standard InChI is InChI=1S/C20H28N6OS/c1-21-20(24-10-9-23-19(27)16-6-4-8-22-14-16)25-15-17(18-7-5-13-28-18)26-11-2-3-12-26/h4-8,13-14,17H,2-3,9-12,15H2,1H3,(H,23,27)(H2,21,24,25). The summed E-state index contributed by atoms with van der Waals surface area (Å²) in [6, 6.07) is 8.19. The summed E-state index contributed by atoms with van der Waals surface area (Å²) in [6.45, 7) is 4.21. The molecule has 150 valence electrons. The van der Waals surface area contributed by atoms with Crippen LogP contribution < -0.4 is 16.0 Å². The Morgan fingerprint density at radius 2 is 2.04 bits per heavy atom. The molecule has 1 fully saturated rings. The summed E-state index contributed by atoms with van der Waals surface area (Å²) in [4.78, 5) is 24.2. The predicted molar refractivity (Wildman–Crippen MR) is 114 cm³/mol. The van der Waals surface area contributed by atoms with Crippen molar-refractivity contribution in [1.29, 1.82) is 0 Å². The minimum absolute atomic E-state index is 0.121. The number of hydrogen-bond acceptors (Lipinski definition) is 5. The van der Waals surface area contributed by atoms with Crippen LogP contribution in [-0.2, 0) is 0 Å². The first kappa shape index (κ1) is 20.3. The lowest BCUT2D eigenvalue weighted by Gasteiger charge is -2.27. The Hall–Kier alpha value is -2.45. The topological polar surface area (TPSA) is 81.6 Å². The Morgan fingerprint density at radius 3 is 2.71 bits per heavy atom. The molecule has 3 heterocycles. The average molecular weight is 401 g/mol. The summed E-state index contributed by atoms with van der Waals surface area (Å²) < 4.78 is 0. The number of rotatable bonds is 8. The van der Waals surface area contributed by atoms with Gasteiger partial charge in [-0.1, -0.05) is 6.07 Å². The van der Waals surface area contributed by atoms with E-state index in [2.05, 4.69) is 48.3 Å². The highest BCUT2D eigenvalue weighted by Gasteiger charge is 2.24. The van der Waals surface area contributed by atoms with Crippen molar-refractivity contribution in [2.45, 2.75) is 18.9 Å². The molecule has 7 nitrogen and oxygen atoms in total. The fraction of sp³-hybridized carbons (Fsp3) is 0.450. The van der Waals surface area contributed by atoms with Crippen molar-refractivity contribution in [2.24, 2.45) is 4.99 Å². The van der Waals surface area contributed by atoms with Crippen LogP contribution in [0.4, 0.5) is 0 Å². The van der Waals surface area contributed by atoms with Gasteiger partial charge in [0, 0.05) is 44.0 Å². The first-order valence-corrected chi connectivity index (χ1v) is 10.6. The van der Waals surface area contributed by atoms with E-state index in [-0.39, 0.29) is 5.91 Å². The van der Waals surface area contributed by atoms with Crippen LogP contribution in [-0.4, -0.2) is 61.5 Å². The molecule has 0 spiro atoms. The number of guanidine groups is 1. The molecule has 2 aromatic rings. The van der Waals surface area contributed by atoms with E-state index in [1.54, 1.807) is 42.9 Å². The Bertz CT molecular complexity index is 743. The summed E-state index contributed by atoms with van der Waals surface area (Å²) in [5.41, 5.74) is 0.564. The monoisotopic (exact) mass is 400 g/mol. The van der Waals surface area contributed by atoms with E-state index >= 15 is 0 Å². The molecule has 0 aliphatic carbocycles. The molecule has 0 aromatic carbocycles. The van der Waals surface area contributed by atoms with E-state index in [9.17, 15) is 4.79 Å². The van der Waals surface area contributed by atoms with Crippen LogP contribution >= 0.6 is 11.3 Å². The van der Waals surface area contributed by atoms with E-state index in [4.69, 9.17) is 0 Å². The first-order valence-electron chi connectivity index (χ1n) is 9.68. The van der Waals surface area contributed by atoms with Crippen molar-refractivity contribution in [3.8, 4) is 0 Å². The first-order chi connectivity index (χ1) is 13.8. The SMILES string of the molecule is CN=C(NCCNC(=O)c1cccnc1)NCC(c1cccs1)N1CCCC1. The van der Waals surface area contributed by atoms with E-state index in [0.717, 1.165) is 25.6 Å². The molecule has 0 radical (unpaired) electrons. The van der Waals surface area contributed by atoms with Gasteiger partial charge in [-0.2, -0.15) is 0 Å². The summed E-state index contributed by atoms with van der Waals surface area (Å²) in [5, 5.41) is 11.7. The van der Waals surface area contributed by atoms with Gasteiger partial charge in [0.25, 0.3) is 5.91 Å². The molecule has 1 aliphatic heterocycles. The lowest BCUT2D eigenvalue weighted by molar-refractivity contribution is 0.0954. The Labute approximate surface area is 170 Å².